The minimum absolute atomic E-state index is 0.228. The summed E-state index contributed by atoms with van der Waals surface area (Å²) in [5, 5.41) is 4.10. The molecule has 4 nitrogen and oxygen atoms in total. The normalized spacial score (nSPS) is 12.4. The number of anilines is 1. The first-order valence-corrected chi connectivity index (χ1v) is 5.07. The number of nitrogens with one attached hydrogen (secondary N) is 1. The topological polar surface area (TPSA) is 50.7 Å². The number of aromatic nitrogens is 3. The third kappa shape index (κ3) is 2.05. The summed E-state index contributed by atoms with van der Waals surface area (Å²) in [6, 6.07) is 4.20. The Labute approximate surface area is 86.2 Å². The molecule has 5 heteroatoms. The predicted molar refractivity (Wildman–Crippen MR) is 56.2 cm³/mol. The largest absolute Gasteiger partial charge is 0.354 e. The summed E-state index contributed by atoms with van der Waals surface area (Å²) in [6.45, 7) is 2.08. The van der Waals surface area contributed by atoms with Gasteiger partial charge in [-0.25, -0.2) is 4.98 Å². The molecule has 2 rings (SSSR count). The second-order valence-corrected chi connectivity index (χ2v) is 3.67. The molecule has 2 aromatic heterocycles. The molecule has 1 atom stereocenters. The molecule has 0 aliphatic carbocycles. The fraction of sp³-hybridized carbons (Fsp3) is 0.222. The van der Waals surface area contributed by atoms with E-state index in [4.69, 9.17) is 0 Å². The number of hydrogen-bond acceptors (Lipinski definition) is 5. The van der Waals surface area contributed by atoms with Gasteiger partial charge in [0, 0.05) is 23.9 Å². The van der Waals surface area contributed by atoms with Gasteiger partial charge < -0.3 is 5.32 Å². The number of nitrogens with zero attached hydrogens (tertiary/aromatic N) is 3. The van der Waals surface area contributed by atoms with Crippen molar-refractivity contribution in [3.05, 3.63) is 36.4 Å². The average Bonchev–Trinajstić information content (AvgIpc) is 2.72. The van der Waals surface area contributed by atoms with E-state index >= 15 is 0 Å². The van der Waals surface area contributed by atoms with Gasteiger partial charge >= 0.3 is 0 Å². The average molecular weight is 206 g/mol. The van der Waals surface area contributed by atoms with Crippen LogP contribution >= 0.6 is 11.5 Å². The van der Waals surface area contributed by atoms with E-state index in [9.17, 15) is 0 Å². The lowest BCUT2D eigenvalue weighted by atomic mass is 10.1. The van der Waals surface area contributed by atoms with Gasteiger partial charge in [-0.1, -0.05) is 0 Å². The van der Waals surface area contributed by atoms with Crippen LogP contribution in [0.25, 0.3) is 0 Å². The Kier molecular flexibility index (Phi) is 2.69. The van der Waals surface area contributed by atoms with Crippen molar-refractivity contribution >= 4 is 16.7 Å². The molecule has 0 fully saturated rings. The zero-order valence-electron chi connectivity index (χ0n) is 7.71. The van der Waals surface area contributed by atoms with Crippen molar-refractivity contribution in [1.82, 2.24) is 14.3 Å². The lowest BCUT2D eigenvalue weighted by molar-refractivity contribution is 0.877. The zero-order valence-corrected chi connectivity index (χ0v) is 8.53. The highest BCUT2D eigenvalue weighted by Gasteiger charge is 2.05. The van der Waals surface area contributed by atoms with Crippen molar-refractivity contribution < 1.29 is 0 Å². The van der Waals surface area contributed by atoms with Crippen LogP contribution in [0.2, 0.25) is 0 Å². The van der Waals surface area contributed by atoms with E-state index < -0.39 is 0 Å². The van der Waals surface area contributed by atoms with Crippen LogP contribution in [0.15, 0.2) is 30.9 Å². The maximum absolute atomic E-state index is 4.06. The Balaban J connectivity index is 2.07. The molecule has 0 aromatic carbocycles. The van der Waals surface area contributed by atoms with Gasteiger partial charge in [0.05, 0.1) is 6.04 Å². The number of rotatable bonds is 3. The molecule has 0 aliphatic heterocycles. The predicted octanol–water partition coefficient (Wildman–Crippen LogP) is 2.11. The molecular weight excluding hydrogens is 196 g/mol. The molecule has 0 amide bonds. The summed E-state index contributed by atoms with van der Waals surface area (Å²) < 4.78 is 3.92. The third-order valence-corrected chi connectivity index (χ3v) is 2.50. The zero-order chi connectivity index (χ0) is 9.80. The minimum atomic E-state index is 0.228. The van der Waals surface area contributed by atoms with Crippen LogP contribution in [-0.4, -0.2) is 14.3 Å². The number of pyridine rings is 1. The maximum atomic E-state index is 4.06. The second-order valence-electron chi connectivity index (χ2n) is 2.89. The van der Waals surface area contributed by atoms with Crippen molar-refractivity contribution in [1.29, 1.82) is 0 Å². The molecule has 0 radical (unpaired) electrons. The molecule has 2 aromatic rings. The molecule has 0 saturated heterocycles. The van der Waals surface area contributed by atoms with Crippen LogP contribution in [0.1, 0.15) is 18.5 Å². The van der Waals surface area contributed by atoms with Crippen LogP contribution in [-0.2, 0) is 0 Å². The van der Waals surface area contributed by atoms with Gasteiger partial charge in [0.25, 0.3) is 0 Å². The summed E-state index contributed by atoms with van der Waals surface area (Å²) in [5.41, 5.74) is 1.19. The second kappa shape index (κ2) is 4.15. The van der Waals surface area contributed by atoms with E-state index in [-0.39, 0.29) is 6.04 Å². The molecule has 0 saturated carbocycles. The SMILES string of the molecule is CC(Nc1ncns1)c1ccncc1. The molecule has 0 aliphatic rings. The van der Waals surface area contributed by atoms with E-state index in [0.717, 1.165) is 5.13 Å². The Morgan fingerprint density at radius 1 is 1.36 bits per heavy atom. The monoisotopic (exact) mass is 206 g/mol. The Hall–Kier alpha value is -1.49. The lowest BCUT2D eigenvalue weighted by Gasteiger charge is -2.11. The highest BCUT2D eigenvalue weighted by atomic mass is 32.1. The van der Waals surface area contributed by atoms with Gasteiger partial charge in [0.2, 0.25) is 5.13 Å². The fourth-order valence-electron chi connectivity index (χ4n) is 1.16. The molecule has 1 N–H and O–H groups in total. The van der Waals surface area contributed by atoms with E-state index in [2.05, 4.69) is 26.6 Å². The summed E-state index contributed by atoms with van der Waals surface area (Å²) >= 11 is 1.36. The quantitative estimate of drug-likeness (QED) is 0.835. The van der Waals surface area contributed by atoms with Gasteiger partial charge in [0.1, 0.15) is 6.33 Å². The van der Waals surface area contributed by atoms with E-state index in [1.165, 1.54) is 17.1 Å². The molecule has 72 valence electrons. The fourth-order valence-corrected chi connectivity index (χ4v) is 1.68. The van der Waals surface area contributed by atoms with Crippen molar-refractivity contribution in [2.24, 2.45) is 0 Å². The molecule has 1 unspecified atom stereocenters. The summed E-state index contributed by atoms with van der Waals surface area (Å²) in [4.78, 5) is 8.03. The first kappa shape index (κ1) is 9.08. The van der Waals surface area contributed by atoms with Gasteiger partial charge in [-0.3, -0.25) is 4.98 Å². The van der Waals surface area contributed by atoms with E-state index in [1.807, 2.05) is 12.1 Å². The smallest absolute Gasteiger partial charge is 0.202 e. The first-order chi connectivity index (χ1) is 6.86. The van der Waals surface area contributed by atoms with Crippen molar-refractivity contribution in [2.75, 3.05) is 5.32 Å². The summed E-state index contributed by atoms with van der Waals surface area (Å²) in [5.74, 6) is 0. The molecule has 0 spiro atoms. The molecular formula is C9H10N4S. The van der Waals surface area contributed by atoms with Crippen molar-refractivity contribution in [3.8, 4) is 0 Å². The Morgan fingerprint density at radius 2 is 2.14 bits per heavy atom. The van der Waals surface area contributed by atoms with Crippen molar-refractivity contribution in [2.45, 2.75) is 13.0 Å². The van der Waals surface area contributed by atoms with Gasteiger partial charge in [-0.15, -0.1) is 0 Å². The lowest BCUT2D eigenvalue weighted by Crippen LogP contribution is -2.05. The number of hydrogen-bond donors (Lipinski definition) is 1. The molecule has 0 bridgehead atoms. The van der Waals surface area contributed by atoms with Crippen LogP contribution in [0.3, 0.4) is 0 Å². The van der Waals surface area contributed by atoms with Crippen LogP contribution in [0, 0.1) is 0 Å². The van der Waals surface area contributed by atoms with Gasteiger partial charge in [-0.2, -0.15) is 4.37 Å². The summed E-state index contributed by atoms with van der Waals surface area (Å²) in [6.07, 6.45) is 5.12. The minimum Gasteiger partial charge on any atom is -0.354 e. The first-order valence-electron chi connectivity index (χ1n) is 4.29. The summed E-state index contributed by atoms with van der Waals surface area (Å²) in [7, 11) is 0. The highest BCUT2D eigenvalue weighted by Crippen LogP contribution is 2.18. The molecule has 2 heterocycles. The maximum Gasteiger partial charge on any atom is 0.202 e. The van der Waals surface area contributed by atoms with Gasteiger partial charge in [0.15, 0.2) is 0 Å². The standard InChI is InChI=1S/C9H10N4S/c1-7(8-2-4-10-5-3-8)13-9-11-6-12-14-9/h2-7H,1H3,(H,11,12,13). The highest BCUT2D eigenvalue weighted by molar-refractivity contribution is 7.09. The van der Waals surface area contributed by atoms with Gasteiger partial charge in [-0.05, 0) is 24.6 Å². The van der Waals surface area contributed by atoms with Crippen LogP contribution in [0.4, 0.5) is 5.13 Å². The van der Waals surface area contributed by atoms with E-state index in [1.54, 1.807) is 18.7 Å². The van der Waals surface area contributed by atoms with Crippen LogP contribution < -0.4 is 5.32 Å². The van der Waals surface area contributed by atoms with E-state index in [0.29, 0.717) is 0 Å². The van der Waals surface area contributed by atoms with Crippen LogP contribution in [0.5, 0.6) is 0 Å². The third-order valence-electron chi connectivity index (χ3n) is 1.91. The Bertz CT molecular complexity index is 373. The molecule has 14 heavy (non-hydrogen) atoms. The van der Waals surface area contributed by atoms with Crippen molar-refractivity contribution in [3.63, 3.8) is 0 Å². The Morgan fingerprint density at radius 3 is 2.79 bits per heavy atom.